The summed E-state index contributed by atoms with van der Waals surface area (Å²) in [4.78, 5) is 19.2. The third-order valence-corrected chi connectivity index (χ3v) is 5.97. The van der Waals surface area contributed by atoms with Crippen molar-refractivity contribution in [2.24, 2.45) is 0 Å². The Morgan fingerprint density at radius 1 is 1.06 bits per heavy atom. The summed E-state index contributed by atoms with van der Waals surface area (Å²) in [6, 6.07) is 16.6. The molecule has 0 radical (unpaired) electrons. The summed E-state index contributed by atoms with van der Waals surface area (Å²) in [5.41, 5.74) is 2.77. The molecule has 0 bridgehead atoms. The molecule has 6 nitrogen and oxygen atoms in total. The van der Waals surface area contributed by atoms with E-state index in [1.165, 1.54) is 24.4 Å². The van der Waals surface area contributed by atoms with Crippen molar-refractivity contribution < 1.29 is 13.6 Å². The first-order valence-electron chi connectivity index (χ1n) is 11.0. The van der Waals surface area contributed by atoms with Gasteiger partial charge in [-0.15, -0.1) is 5.10 Å². The predicted octanol–water partition coefficient (Wildman–Crippen LogP) is 4.32. The Labute approximate surface area is 189 Å². The van der Waals surface area contributed by atoms with Crippen molar-refractivity contribution >= 4 is 17.4 Å². The molecule has 1 fully saturated rings. The minimum atomic E-state index is -0.284. The molecule has 33 heavy (non-hydrogen) atoms. The first-order chi connectivity index (χ1) is 16.1. The van der Waals surface area contributed by atoms with Crippen LogP contribution in [0, 0.1) is 11.6 Å². The van der Waals surface area contributed by atoms with E-state index >= 15 is 0 Å². The SMILES string of the molecule is O=C(NCCc1ccc(F)cc1)c1cnc2ccc(N3CCC[C@@H]3c3cccc(F)c3)nn12. The molecule has 4 aromatic rings. The molecular weight excluding hydrogens is 424 g/mol. The van der Waals surface area contributed by atoms with Gasteiger partial charge in [-0.25, -0.2) is 18.3 Å². The lowest BCUT2D eigenvalue weighted by atomic mass is 10.0. The van der Waals surface area contributed by atoms with Gasteiger partial charge in [-0.05, 0) is 66.8 Å². The quantitative estimate of drug-likeness (QED) is 0.478. The number of benzene rings is 2. The van der Waals surface area contributed by atoms with Gasteiger partial charge in [-0.3, -0.25) is 4.79 Å². The molecule has 0 aliphatic carbocycles. The zero-order valence-electron chi connectivity index (χ0n) is 17.9. The Kier molecular flexibility index (Phi) is 5.73. The van der Waals surface area contributed by atoms with Gasteiger partial charge >= 0.3 is 0 Å². The zero-order chi connectivity index (χ0) is 22.8. The number of nitrogens with one attached hydrogen (secondary N) is 1. The molecule has 168 valence electrons. The molecule has 1 aliphatic heterocycles. The Hall–Kier alpha value is -3.81. The van der Waals surface area contributed by atoms with Crippen LogP contribution in [0.15, 0.2) is 66.9 Å². The normalized spacial score (nSPS) is 15.8. The maximum atomic E-state index is 13.8. The molecule has 8 heteroatoms. The second kappa shape index (κ2) is 8.97. The highest BCUT2D eigenvalue weighted by molar-refractivity contribution is 5.93. The molecule has 1 aliphatic rings. The van der Waals surface area contributed by atoms with E-state index in [1.54, 1.807) is 28.8 Å². The number of nitrogens with zero attached hydrogens (tertiary/aromatic N) is 4. The fourth-order valence-electron chi connectivity index (χ4n) is 4.33. The van der Waals surface area contributed by atoms with Gasteiger partial charge in [0.05, 0.1) is 12.2 Å². The lowest BCUT2D eigenvalue weighted by molar-refractivity contribution is 0.0947. The molecule has 3 heterocycles. The summed E-state index contributed by atoms with van der Waals surface area (Å²) in [6.45, 7) is 1.21. The number of amides is 1. The molecule has 1 amide bonds. The standard InChI is InChI=1S/C25H23F2N5O/c26-19-8-6-17(7-9-19)12-13-28-25(33)22-16-29-23-10-11-24(30-32(22)23)31-14-2-5-21(31)18-3-1-4-20(27)15-18/h1,3-4,6-11,15-16,21H,2,5,12-14H2,(H,28,33)/t21-/m1/s1. The summed E-state index contributed by atoms with van der Waals surface area (Å²) in [5, 5.41) is 7.58. The van der Waals surface area contributed by atoms with Crippen molar-refractivity contribution in [2.45, 2.75) is 25.3 Å². The number of carbonyl (C=O) groups excluding carboxylic acids is 1. The summed E-state index contributed by atoms with van der Waals surface area (Å²) >= 11 is 0. The fraction of sp³-hybridized carbons (Fsp3) is 0.240. The van der Waals surface area contributed by atoms with Gasteiger partial charge in [-0.2, -0.15) is 0 Å². The van der Waals surface area contributed by atoms with E-state index in [0.29, 0.717) is 30.1 Å². The van der Waals surface area contributed by atoms with E-state index < -0.39 is 0 Å². The number of fused-ring (bicyclic) bond motifs is 1. The number of hydrogen-bond acceptors (Lipinski definition) is 4. The largest absolute Gasteiger partial charge is 0.350 e. The van der Waals surface area contributed by atoms with E-state index in [0.717, 1.165) is 30.5 Å². The van der Waals surface area contributed by atoms with Crippen LogP contribution in [0.25, 0.3) is 5.65 Å². The van der Waals surface area contributed by atoms with Gasteiger partial charge in [0.1, 0.15) is 17.5 Å². The van der Waals surface area contributed by atoms with E-state index in [4.69, 9.17) is 5.10 Å². The molecular formula is C25H23F2N5O. The predicted molar refractivity (Wildman–Crippen MR) is 121 cm³/mol. The van der Waals surface area contributed by atoms with Crippen molar-refractivity contribution in [2.75, 3.05) is 18.0 Å². The average molecular weight is 447 g/mol. The monoisotopic (exact) mass is 447 g/mol. The smallest absolute Gasteiger partial charge is 0.271 e. The van der Waals surface area contributed by atoms with Crippen molar-refractivity contribution in [3.8, 4) is 0 Å². The minimum absolute atomic E-state index is 0.0298. The number of aromatic nitrogens is 3. The zero-order valence-corrected chi connectivity index (χ0v) is 17.9. The van der Waals surface area contributed by atoms with E-state index in [2.05, 4.69) is 15.2 Å². The van der Waals surface area contributed by atoms with Gasteiger partial charge in [0.25, 0.3) is 5.91 Å². The van der Waals surface area contributed by atoms with E-state index in [-0.39, 0.29) is 23.6 Å². The molecule has 2 aromatic heterocycles. The highest BCUT2D eigenvalue weighted by Gasteiger charge is 2.28. The second-order valence-corrected chi connectivity index (χ2v) is 8.14. The maximum absolute atomic E-state index is 13.8. The Morgan fingerprint density at radius 2 is 1.91 bits per heavy atom. The Morgan fingerprint density at radius 3 is 2.73 bits per heavy atom. The summed E-state index contributed by atoms with van der Waals surface area (Å²) in [7, 11) is 0. The van der Waals surface area contributed by atoms with E-state index in [9.17, 15) is 13.6 Å². The molecule has 1 N–H and O–H groups in total. The third kappa shape index (κ3) is 4.41. The first kappa shape index (κ1) is 21.1. The van der Waals surface area contributed by atoms with Crippen molar-refractivity contribution in [1.29, 1.82) is 0 Å². The first-order valence-corrected chi connectivity index (χ1v) is 11.0. The van der Waals surface area contributed by atoms with Gasteiger partial charge < -0.3 is 10.2 Å². The third-order valence-electron chi connectivity index (χ3n) is 5.97. The fourth-order valence-corrected chi connectivity index (χ4v) is 4.33. The van der Waals surface area contributed by atoms with Crippen LogP contribution < -0.4 is 10.2 Å². The number of anilines is 1. The molecule has 5 rings (SSSR count). The molecule has 0 unspecified atom stereocenters. The van der Waals surface area contributed by atoms with Crippen LogP contribution in [-0.2, 0) is 6.42 Å². The average Bonchev–Trinajstić information content (AvgIpc) is 3.47. The second-order valence-electron chi connectivity index (χ2n) is 8.14. The summed E-state index contributed by atoms with van der Waals surface area (Å²) < 4.78 is 28.4. The van der Waals surface area contributed by atoms with Gasteiger partial charge in [0.2, 0.25) is 0 Å². The van der Waals surface area contributed by atoms with Crippen LogP contribution in [0.5, 0.6) is 0 Å². The molecule has 0 spiro atoms. The van der Waals surface area contributed by atoms with Crippen LogP contribution >= 0.6 is 0 Å². The molecule has 1 atom stereocenters. The van der Waals surface area contributed by atoms with Crippen LogP contribution in [0.3, 0.4) is 0 Å². The van der Waals surface area contributed by atoms with Gasteiger partial charge in [0.15, 0.2) is 11.3 Å². The number of hydrogen-bond donors (Lipinski definition) is 1. The maximum Gasteiger partial charge on any atom is 0.271 e. The van der Waals surface area contributed by atoms with Crippen LogP contribution in [-0.4, -0.2) is 33.6 Å². The lowest BCUT2D eigenvalue weighted by Crippen LogP contribution is -2.28. The van der Waals surface area contributed by atoms with Crippen LogP contribution in [0.2, 0.25) is 0 Å². The van der Waals surface area contributed by atoms with Crippen molar-refractivity contribution in [1.82, 2.24) is 19.9 Å². The minimum Gasteiger partial charge on any atom is -0.350 e. The number of halogens is 2. The highest BCUT2D eigenvalue weighted by atomic mass is 19.1. The highest BCUT2D eigenvalue weighted by Crippen LogP contribution is 2.35. The van der Waals surface area contributed by atoms with Crippen LogP contribution in [0.1, 0.15) is 40.5 Å². The van der Waals surface area contributed by atoms with E-state index in [1.807, 2.05) is 18.2 Å². The number of carbonyl (C=O) groups is 1. The van der Waals surface area contributed by atoms with Gasteiger partial charge in [0, 0.05) is 13.1 Å². The summed E-state index contributed by atoms with van der Waals surface area (Å²) in [6.07, 6.45) is 3.98. The summed E-state index contributed by atoms with van der Waals surface area (Å²) in [5.74, 6) is -0.102. The van der Waals surface area contributed by atoms with Crippen molar-refractivity contribution in [3.05, 3.63) is 95.3 Å². The topological polar surface area (TPSA) is 62.5 Å². The van der Waals surface area contributed by atoms with Crippen molar-refractivity contribution in [3.63, 3.8) is 0 Å². The Bertz CT molecular complexity index is 1290. The van der Waals surface area contributed by atoms with Crippen LogP contribution in [0.4, 0.5) is 14.6 Å². The Balaban J connectivity index is 1.34. The molecule has 2 aromatic carbocycles. The number of rotatable bonds is 6. The molecule has 0 saturated carbocycles. The lowest BCUT2D eigenvalue weighted by Gasteiger charge is -2.26. The van der Waals surface area contributed by atoms with Gasteiger partial charge in [-0.1, -0.05) is 24.3 Å². The number of imidazole rings is 1. The molecule has 1 saturated heterocycles.